The van der Waals surface area contributed by atoms with Gasteiger partial charge >= 0.3 is 6.03 Å². The third-order valence-electron chi connectivity index (χ3n) is 3.54. The van der Waals surface area contributed by atoms with Crippen molar-refractivity contribution in [1.29, 1.82) is 0 Å². The van der Waals surface area contributed by atoms with Crippen LogP contribution in [-0.4, -0.2) is 17.5 Å². The van der Waals surface area contributed by atoms with E-state index in [1.54, 1.807) is 17.4 Å². The van der Waals surface area contributed by atoms with Gasteiger partial charge in [-0.15, -0.1) is 0 Å². The van der Waals surface area contributed by atoms with Gasteiger partial charge in [-0.3, -0.25) is 4.90 Å². The lowest BCUT2D eigenvalue weighted by atomic mass is 10.1. The van der Waals surface area contributed by atoms with Crippen LogP contribution < -0.4 is 5.73 Å². The third kappa shape index (κ3) is 1.95. The normalized spacial score (nSPS) is 22.0. The summed E-state index contributed by atoms with van der Waals surface area (Å²) in [5, 5.41) is 0. The molecule has 0 bridgehead atoms. The van der Waals surface area contributed by atoms with Gasteiger partial charge in [-0.2, -0.15) is 0 Å². The molecule has 4 heteroatoms. The molecule has 1 heterocycles. The fraction of sp³-hybridized carbons (Fsp3) is 0.462. The number of carbonyl (C=O) groups excluding carboxylic acids is 1. The van der Waals surface area contributed by atoms with Crippen LogP contribution in [0.25, 0.3) is 0 Å². The zero-order valence-electron chi connectivity index (χ0n) is 9.69. The van der Waals surface area contributed by atoms with Crippen LogP contribution in [0.4, 0.5) is 4.79 Å². The Morgan fingerprint density at radius 3 is 3.00 bits per heavy atom. The van der Waals surface area contributed by atoms with Crippen LogP contribution in [0.2, 0.25) is 0 Å². The van der Waals surface area contributed by atoms with Gasteiger partial charge in [-0.25, -0.2) is 4.79 Å². The van der Waals surface area contributed by atoms with Crippen molar-refractivity contribution in [2.45, 2.75) is 25.7 Å². The van der Waals surface area contributed by atoms with E-state index in [4.69, 9.17) is 10.5 Å². The number of amides is 2. The topological polar surface area (TPSA) is 55.6 Å². The van der Waals surface area contributed by atoms with E-state index in [9.17, 15) is 4.79 Å². The highest BCUT2D eigenvalue weighted by atomic mass is 16.5. The Balaban J connectivity index is 1.89. The predicted molar refractivity (Wildman–Crippen MR) is 63.6 cm³/mol. The van der Waals surface area contributed by atoms with Crippen molar-refractivity contribution in [1.82, 2.24) is 4.90 Å². The number of carbonyl (C=O) groups is 1. The van der Waals surface area contributed by atoms with Gasteiger partial charge in [0.25, 0.3) is 0 Å². The molecule has 0 saturated heterocycles. The first-order valence-corrected chi connectivity index (χ1v) is 6.07. The maximum atomic E-state index is 11.6. The van der Waals surface area contributed by atoms with Gasteiger partial charge in [0, 0.05) is 17.8 Å². The second kappa shape index (κ2) is 3.95. The molecule has 0 aromatic rings. The van der Waals surface area contributed by atoms with Crippen molar-refractivity contribution in [2.75, 3.05) is 6.54 Å². The number of fused-ring (bicyclic) bond motifs is 1. The first-order chi connectivity index (χ1) is 8.25. The average molecular weight is 232 g/mol. The van der Waals surface area contributed by atoms with E-state index in [1.165, 1.54) is 18.4 Å². The highest BCUT2D eigenvalue weighted by Crippen LogP contribution is 2.38. The van der Waals surface area contributed by atoms with Gasteiger partial charge in [-0.05, 0) is 43.3 Å². The molecule has 1 fully saturated rings. The minimum atomic E-state index is -0.333. The van der Waals surface area contributed by atoms with E-state index in [0.29, 0.717) is 5.92 Å². The number of rotatable bonds is 3. The standard InChI is InChI=1S/C13H16N2O2/c14-13(16)15(7-9-1-2-9)12-4-3-10-8-17-6-5-11(10)12/h5-6,8-9H,1-4,7H2,(H2,14,16). The summed E-state index contributed by atoms with van der Waals surface area (Å²) < 4.78 is 5.15. The van der Waals surface area contributed by atoms with Gasteiger partial charge < -0.3 is 10.5 Å². The van der Waals surface area contributed by atoms with Crippen LogP contribution in [0.15, 0.2) is 35.4 Å². The Kier molecular flexibility index (Phi) is 2.42. The SMILES string of the molecule is NC(=O)N(CC1CC1)C1=C2C=COC=C2CC1. The summed E-state index contributed by atoms with van der Waals surface area (Å²) in [5.74, 6) is 0.646. The van der Waals surface area contributed by atoms with Crippen molar-refractivity contribution >= 4 is 6.03 Å². The molecule has 2 aliphatic carbocycles. The Morgan fingerprint density at radius 1 is 1.47 bits per heavy atom. The van der Waals surface area contributed by atoms with E-state index in [-0.39, 0.29) is 6.03 Å². The first kappa shape index (κ1) is 10.4. The molecule has 1 aliphatic heterocycles. The molecule has 90 valence electrons. The minimum absolute atomic E-state index is 0.333. The molecule has 1 saturated carbocycles. The number of hydrogen-bond donors (Lipinski definition) is 1. The summed E-state index contributed by atoms with van der Waals surface area (Å²) in [7, 11) is 0. The number of nitrogens with zero attached hydrogens (tertiary/aromatic N) is 1. The molecule has 0 radical (unpaired) electrons. The molecular formula is C13H16N2O2. The third-order valence-corrected chi connectivity index (χ3v) is 3.54. The van der Waals surface area contributed by atoms with E-state index in [1.807, 2.05) is 6.08 Å². The van der Waals surface area contributed by atoms with Crippen molar-refractivity contribution in [3.8, 4) is 0 Å². The van der Waals surface area contributed by atoms with E-state index in [0.717, 1.165) is 30.7 Å². The van der Waals surface area contributed by atoms with Gasteiger partial charge in [0.05, 0.1) is 12.5 Å². The van der Waals surface area contributed by atoms with Gasteiger partial charge in [0.2, 0.25) is 0 Å². The molecule has 2 amide bonds. The maximum absolute atomic E-state index is 11.6. The molecule has 0 aromatic carbocycles. The maximum Gasteiger partial charge on any atom is 0.319 e. The number of ether oxygens (including phenoxy) is 1. The van der Waals surface area contributed by atoms with Crippen LogP contribution >= 0.6 is 0 Å². The molecule has 3 aliphatic rings. The Hall–Kier alpha value is -1.71. The van der Waals surface area contributed by atoms with E-state index in [2.05, 4.69) is 0 Å². The zero-order valence-corrected chi connectivity index (χ0v) is 9.69. The molecule has 0 aromatic heterocycles. The summed E-state index contributed by atoms with van der Waals surface area (Å²) in [4.78, 5) is 13.3. The number of allylic oxidation sites excluding steroid dienone is 4. The number of primary amides is 1. The molecule has 0 atom stereocenters. The highest BCUT2D eigenvalue weighted by Gasteiger charge is 2.31. The molecule has 0 spiro atoms. The summed E-state index contributed by atoms with van der Waals surface area (Å²) in [6.07, 6.45) is 9.59. The van der Waals surface area contributed by atoms with E-state index >= 15 is 0 Å². The first-order valence-electron chi connectivity index (χ1n) is 6.07. The number of hydrogen-bond acceptors (Lipinski definition) is 2. The lowest BCUT2D eigenvalue weighted by molar-refractivity contribution is 0.217. The molecule has 4 nitrogen and oxygen atoms in total. The molecule has 2 N–H and O–H groups in total. The van der Waals surface area contributed by atoms with Crippen LogP contribution in [0, 0.1) is 5.92 Å². The Labute approximate surface area is 100 Å². The van der Waals surface area contributed by atoms with Crippen molar-refractivity contribution < 1.29 is 9.53 Å². The van der Waals surface area contributed by atoms with Crippen molar-refractivity contribution in [3.05, 3.63) is 35.4 Å². The van der Waals surface area contributed by atoms with Crippen molar-refractivity contribution in [3.63, 3.8) is 0 Å². The minimum Gasteiger partial charge on any atom is -0.472 e. The lowest BCUT2D eigenvalue weighted by Crippen LogP contribution is -2.36. The van der Waals surface area contributed by atoms with Crippen LogP contribution in [0.1, 0.15) is 25.7 Å². The fourth-order valence-electron chi connectivity index (χ4n) is 2.43. The second-order valence-electron chi connectivity index (χ2n) is 4.83. The largest absolute Gasteiger partial charge is 0.472 e. The van der Waals surface area contributed by atoms with Gasteiger partial charge in [0.15, 0.2) is 0 Å². The van der Waals surface area contributed by atoms with Crippen LogP contribution in [0.3, 0.4) is 0 Å². The molecule has 0 unspecified atom stereocenters. The van der Waals surface area contributed by atoms with Gasteiger partial charge in [0.1, 0.15) is 0 Å². The fourth-order valence-corrected chi connectivity index (χ4v) is 2.43. The number of urea groups is 1. The molecule has 17 heavy (non-hydrogen) atoms. The van der Waals surface area contributed by atoms with Gasteiger partial charge in [-0.1, -0.05) is 0 Å². The summed E-state index contributed by atoms with van der Waals surface area (Å²) in [5.41, 5.74) is 8.85. The number of nitrogens with two attached hydrogens (primary N) is 1. The zero-order chi connectivity index (χ0) is 11.8. The average Bonchev–Trinajstić information content (AvgIpc) is 3.05. The predicted octanol–water partition coefficient (Wildman–Crippen LogP) is 2.25. The Morgan fingerprint density at radius 2 is 2.29 bits per heavy atom. The lowest BCUT2D eigenvalue weighted by Gasteiger charge is -2.22. The quantitative estimate of drug-likeness (QED) is 0.811. The Bertz CT molecular complexity index is 444. The summed E-state index contributed by atoms with van der Waals surface area (Å²) in [6, 6.07) is -0.333. The van der Waals surface area contributed by atoms with E-state index < -0.39 is 0 Å². The monoisotopic (exact) mass is 232 g/mol. The second-order valence-corrected chi connectivity index (χ2v) is 4.83. The summed E-state index contributed by atoms with van der Waals surface area (Å²) in [6.45, 7) is 0.774. The van der Waals surface area contributed by atoms with Crippen LogP contribution in [-0.2, 0) is 4.74 Å². The smallest absolute Gasteiger partial charge is 0.319 e. The molecule has 3 rings (SSSR count). The molecular weight excluding hydrogens is 216 g/mol. The van der Waals surface area contributed by atoms with Crippen LogP contribution in [0.5, 0.6) is 0 Å². The summed E-state index contributed by atoms with van der Waals surface area (Å²) >= 11 is 0. The highest BCUT2D eigenvalue weighted by molar-refractivity contribution is 5.75. The van der Waals surface area contributed by atoms with Crippen molar-refractivity contribution in [2.24, 2.45) is 11.7 Å².